The van der Waals surface area contributed by atoms with Gasteiger partial charge in [0.05, 0.1) is 35.2 Å². The molecule has 3 aromatic heterocycles. The van der Waals surface area contributed by atoms with E-state index in [0.29, 0.717) is 46.4 Å². The van der Waals surface area contributed by atoms with Crippen LogP contribution < -0.4 is 15.1 Å². The van der Waals surface area contributed by atoms with Crippen molar-refractivity contribution in [2.24, 2.45) is 0 Å². The van der Waals surface area contributed by atoms with Gasteiger partial charge in [0.25, 0.3) is 0 Å². The molecule has 1 N–H and O–H groups in total. The number of nitrogens with zero attached hydrogens (tertiary/aromatic N) is 5. The number of halogens is 3. The first-order valence-corrected chi connectivity index (χ1v) is 11.8. The lowest BCUT2D eigenvalue weighted by molar-refractivity contribution is -0.137. The third-order valence-corrected chi connectivity index (χ3v) is 7.20. The smallest absolute Gasteiger partial charge is 0.416 e. The van der Waals surface area contributed by atoms with Gasteiger partial charge >= 0.3 is 12.2 Å². The minimum absolute atomic E-state index is 0.0748. The number of nitrogens with one attached hydrogen (secondary N) is 1. The zero-order valence-electron chi connectivity index (χ0n) is 19.2. The van der Waals surface area contributed by atoms with Crippen LogP contribution in [0.1, 0.15) is 18.4 Å². The molecule has 186 valence electrons. The number of benzene rings is 1. The Balaban J connectivity index is 1.25. The van der Waals surface area contributed by atoms with Crippen LogP contribution in [0.4, 0.5) is 35.3 Å². The molecule has 0 spiro atoms. The molecule has 1 saturated heterocycles. The molecule has 2 unspecified atom stereocenters. The summed E-state index contributed by atoms with van der Waals surface area (Å²) in [6, 6.07) is 14.0. The molecule has 6 heterocycles. The lowest BCUT2D eigenvalue weighted by atomic mass is 10.1. The fraction of sp³-hybridized carbons (Fsp3) is 0.231. The van der Waals surface area contributed by atoms with Crippen LogP contribution in [0.5, 0.6) is 0 Å². The minimum Gasteiger partial charge on any atom is -0.442 e. The first-order valence-electron chi connectivity index (χ1n) is 11.8. The zero-order chi connectivity index (χ0) is 25.3. The highest BCUT2D eigenvalue weighted by molar-refractivity contribution is 6.04. The van der Waals surface area contributed by atoms with Gasteiger partial charge in [-0.1, -0.05) is 18.2 Å². The summed E-state index contributed by atoms with van der Waals surface area (Å²) in [5, 5.41) is 2.87. The SMILES string of the molecule is O=C(Nc1cccc(-c2cnco2)n1)N1c2nc(-c3cccc(C(F)(F)F)c3)ccc2N2C3CC1CC32. The highest BCUT2D eigenvalue weighted by Crippen LogP contribution is 2.54. The molecule has 3 aliphatic heterocycles. The Morgan fingerprint density at radius 1 is 1.00 bits per heavy atom. The minimum atomic E-state index is -4.46. The first-order chi connectivity index (χ1) is 17.9. The van der Waals surface area contributed by atoms with Crippen molar-refractivity contribution in [2.45, 2.75) is 37.1 Å². The van der Waals surface area contributed by atoms with E-state index in [4.69, 9.17) is 9.40 Å². The molecule has 1 aromatic carbocycles. The quantitative estimate of drug-likeness (QED) is 0.366. The van der Waals surface area contributed by atoms with Crippen molar-refractivity contribution in [3.63, 3.8) is 0 Å². The maximum absolute atomic E-state index is 13.6. The number of hydrogen-bond acceptors (Lipinski definition) is 6. The molecular weight excluding hydrogens is 485 g/mol. The zero-order valence-corrected chi connectivity index (χ0v) is 19.2. The van der Waals surface area contributed by atoms with Gasteiger partial charge in [0.15, 0.2) is 18.0 Å². The van der Waals surface area contributed by atoms with Gasteiger partial charge in [0, 0.05) is 11.6 Å². The van der Waals surface area contributed by atoms with Crippen LogP contribution in [-0.2, 0) is 6.18 Å². The van der Waals surface area contributed by atoms with Gasteiger partial charge < -0.3 is 9.32 Å². The lowest BCUT2D eigenvalue weighted by Crippen LogP contribution is -2.42. The van der Waals surface area contributed by atoms with E-state index >= 15 is 0 Å². The van der Waals surface area contributed by atoms with Gasteiger partial charge in [-0.25, -0.2) is 19.7 Å². The number of piperidine rings is 1. The fourth-order valence-corrected chi connectivity index (χ4v) is 5.52. The summed E-state index contributed by atoms with van der Waals surface area (Å²) < 4.78 is 45.2. The number of hydrogen-bond donors (Lipinski definition) is 1. The first kappa shape index (κ1) is 21.8. The van der Waals surface area contributed by atoms with Crippen molar-refractivity contribution in [1.82, 2.24) is 15.0 Å². The monoisotopic (exact) mass is 504 g/mol. The van der Waals surface area contributed by atoms with Crippen LogP contribution in [0.2, 0.25) is 0 Å². The molecule has 2 amide bonds. The third-order valence-electron chi connectivity index (χ3n) is 7.20. The molecule has 2 fully saturated rings. The van der Waals surface area contributed by atoms with Crippen molar-refractivity contribution in [3.05, 3.63) is 72.8 Å². The Hall–Kier alpha value is -4.41. The molecule has 0 radical (unpaired) electrons. The van der Waals surface area contributed by atoms with Crippen LogP contribution in [0.15, 0.2) is 71.6 Å². The molecule has 37 heavy (non-hydrogen) atoms. The normalized spacial score (nSPS) is 21.4. The van der Waals surface area contributed by atoms with Gasteiger partial charge in [-0.3, -0.25) is 10.2 Å². The summed E-state index contributed by atoms with van der Waals surface area (Å²) in [5.41, 5.74) is 1.28. The molecule has 4 bridgehead atoms. The van der Waals surface area contributed by atoms with Crippen molar-refractivity contribution in [3.8, 4) is 22.7 Å². The molecule has 8 nitrogen and oxygen atoms in total. The fourth-order valence-electron chi connectivity index (χ4n) is 5.52. The summed E-state index contributed by atoms with van der Waals surface area (Å²) in [6.07, 6.45) is -0.0147. The van der Waals surface area contributed by atoms with Crippen molar-refractivity contribution >= 4 is 23.4 Å². The standard InChI is InChI=1S/C26H19F3N6O2/c27-26(28,29)15-4-1-3-14(9-15)17-7-8-19-24(32-17)34(16-10-20-21(11-16)35(19)20)25(36)33-23-6-2-5-18(31-23)22-12-30-13-37-22/h1-9,12-13,16,20-21H,10-11H2,(H,31,33,36). The molecule has 4 aromatic rings. The van der Waals surface area contributed by atoms with Crippen molar-refractivity contribution < 1.29 is 22.4 Å². The summed E-state index contributed by atoms with van der Waals surface area (Å²) >= 11 is 0. The number of urea groups is 1. The maximum atomic E-state index is 13.6. The van der Waals surface area contributed by atoms with Gasteiger partial charge in [-0.2, -0.15) is 13.2 Å². The number of carbonyl (C=O) groups excluding carboxylic acids is 1. The molecule has 8 rings (SSSR count). The van der Waals surface area contributed by atoms with Gasteiger partial charge in [0.1, 0.15) is 11.5 Å². The van der Waals surface area contributed by atoms with Crippen LogP contribution in [0.25, 0.3) is 22.7 Å². The van der Waals surface area contributed by atoms with Crippen molar-refractivity contribution in [2.75, 3.05) is 15.1 Å². The highest BCUT2D eigenvalue weighted by atomic mass is 19.4. The van der Waals surface area contributed by atoms with Crippen molar-refractivity contribution in [1.29, 1.82) is 0 Å². The van der Waals surface area contributed by atoms with E-state index in [1.807, 2.05) is 6.07 Å². The molecule has 1 saturated carbocycles. The summed E-state index contributed by atoms with van der Waals surface area (Å²) in [5.74, 6) is 1.24. The van der Waals surface area contributed by atoms with Crippen LogP contribution in [-0.4, -0.2) is 39.1 Å². The summed E-state index contributed by atoms with van der Waals surface area (Å²) in [6.45, 7) is 0. The molecule has 11 heteroatoms. The molecular formula is C26H19F3N6O2. The number of alkyl halides is 3. The Morgan fingerprint density at radius 2 is 1.81 bits per heavy atom. The molecule has 4 aliphatic rings. The van der Waals surface area contributed by atoms with E-state index in [-0.39, 0.29) is 6.04 Å². The Bertz CT molecular complexity index is 1510. The van der Waals surface area contributed by atoms with Crippen LogP contribution in [0, 0.1) is 0 Å². The number of oxazole rings is 1. The van der Waals surface area contributed by atoms with E-state index in [1.165, 1.54) is 18.7 Å². The van der Waals surface area contributed by atoms with E-state index in [0.717, 1.165) is 30.7 Å². The Labute approximate surface area is 208 Å². The maximum Gasteiger partial charge on any atom is 0.416 e. The summed E-state index contributed by atoms with van der Waals surface area (Å²) in [4.78, 5) is 30.6. The number of amides is 2. The molecule has 2 atom stereocenters. The predicted octanol–water partition coefficient (Wildman–Crippen LogP) is 5.59. The highest BCUT2D eigenvalue weighted by Gasteiger charge is 2.60. The largest absolute Gasteiger partial charge is 0.442 e. The van der Waals surface area contributed by atoms with E-state index in [1.54, 1.807) is 35.2 Å². The lowest BCUT2D eigenvalue weighted by Gasteiger charge is -2.27. The second-order valence-electron chi connectivity index (χ2n) is 9.36. The van der Waals surface area contributed by atoms with E-state index in [2.05, 4.69) is 20.2 Å². The number of rotatable bonds is 3. The van der Waals surface area contributed by atoms with Gasteiger partial charge in [0.2, 0.25) is 0 Å². The second kappa shape index (κ2) is 7.79. The van der Waals surface area contributed by atoms with Gasteiger partial charge in [-0.05, 0) is 49.2 Å². The second-order valence-corrected chi connectivity index (χ2v) is 9.36. The third kappa shape index (κ3) is 3.61. The Morgan fingerprint density at radius 3 is 2.57 bits per heavy atom. The van der Waals surface area contributed by atoms with Crippen LogP contribution in [0.3, 0.4) is 0 Å². The van der Waals surface area contributed by atoms with Gasteiger partial charge in [-0.15, -0.1) is 0 Å². The average molecular weight is 504 g/mol. The summed E-state index contributed by atoms with van der Waals surface area (Å²) in [7, 11) is 0. The number of pyridine rings is 2. The van der Waals surface area contributed by atoms with Crippen LogP contribution >= 0.6 is 0 Å². The Kier molecular flexibility index (Phi) is 4.60. The number of aromatic nitrogens is 3. The topological polar surface area (TPSA) is 87.2 Å². The predicted molar refractivity (Wildman–Crippen MR) is 129 cm³/mol. The molecule has 1 aliphatic carbocycles. The van der Waals surface area contributed by atoms with E-state index < -0.39 is 17.8 Å². The van der Waals surface area contributed by atoms with E-state index in [9.17, 15) is 18.0 Å². The number of anilines is 3. The number of carbonyl (C=O) groups is 1. The average Bonchev–Trinajstić information content (AvgIpc) is 3.20.